The minimum absolute atomic E-state index is 0.00302. The van der Waals surface area contributed by atoms with Crippen LogP contribution in [-0.2, 0) is 16.9 Å². The van der Waals surface area contributed by atoms with E-state index in [4.69, 9.17) is 0 Å². The van der Waals surface area contributed by atoms with Crippen LogP contribution in [0.3, 0.4) is 0 Å². The highest BCUT2D eigenvalue weighted by Gasteiger charge is 2.34. The normalized spacial score (nSPS) is 19.8. The summed E-state index contributed by atoms with van der Waals surface area (Å²) in [7, 11) is -2.08. The number of amides is 1. The molecule has 1 aliphatic rings. The van der Waals surface area contributed by atoms with E-state index < -0.39 is 32.4 Å². The Morgan fingerprint density at radius 1 is 1.15 bits per heavy atom. The van der Waals surface area contributed by atoms with Gasteiger partial charge in [-0.3, -0.25) is 9.59 Å². The number of carbonyl (C=O) groups excluding carboxylic acids is 1. The largest absolute Gasteiger partial charge is 0.337 e. The first kappa shape index (κ1) is 18.3. The van der Waals surface area contributed by atoms with Crippen molar-refractivity contribution in [2.45, 2.75) is 11.7 Å². The lowest BCUT2D eigenvalue weighted by molar-refractivity contribution is 0.0764. The highest BCUT2D eigenvalue weighted by molar-refractivity contribution is 7.91. The molecule has 1 amide bonds. The van der Waals surface area contributed by atoms with Crippen LogP contribution < -0.4 is 5.56 Å². The van der Waals surface area contributed by atoms with Gasteiger partial charge >= 0.3 is 0 Å². The van der Waals surface area contributed by atoms with Gasteiger partial charge in [-0.05, 0) is 24.6 Å². The number of carbonyl (C=O) groups is 1. The van der Waals surface area contributed by atoms with E-state index in [-0.39, 0.29) is 36.4 Å². The first-order valence-corrected chi connectivity index (χ1v) is 9.94. The van der Waals surface area contributed by atoms with Crippen LogP contribution in [0.5, 0.6) is 0 Å². The molecule has 1 aromatic carbocycles. The Bertz CT molecular complexity index is 1000. The second-order valence-electron chi connectivity index (χ2n) is 6.30. The summed E-state index contributed by atoms with van der Waals surface area (Å²) >= 11 is 0. The van der Waals surface area contributed by atoms with Crippen molar-refractivity contribution in [2.75, 3.05) is 18.8 Å². The fourth-order valence-electron chi connectivity index (χ4n) is 3.16. The molecule has 6 nitrogen and oxygen atoms in total. The SMILES string of the molecule is Cn1cccc(C(=O)N2CC[C@H](c3ccccc3F)S(=O)(=O)CC2)c1=O. The molecule has 0 aliphatic carbocycles. The fraction of sp³-hybridized carbons (Fsp3) is 0.333. The molecule has 0 N–H and O–H groups in total. The molecule has 0 spiro atoms. The highest BCUT2D eigenvalue weighted by atomic mass is 32.2. The summed E-state index contributed by atoms with van der Waals surface area (Å²) in [5, 5.41) is -1.000. The van der Waals surface area contributed by atoms with Crippen molar-refractivity contribution in [3.63, 3.8) is 0 Å². The quantitative estimate of drug-likeness (QED) is 0.794. The van der Waals surface area contributed by atoms with Gasteiger partial charge in [0.25, 0.3) is 11.5 Å². The lowest BCUT2D eigenvalue weighted by atomic mass is 10.1. The third-order valence-electron chi connectivity index (χ3n) is 4.63. The van der Waals surface area contributed by atoms with E-state index in [0.717, 1.165) is 0 Å². The summed E-state index contributed by atoms with van der Waals surface area (Å²) in [6.07, 6.45) is 1.63. The van der Waals surface area contributed by atoms with E-state index in [2.05, 4.69) is 0 Å². The highest BCUT2D eigenvalue weighted by Crippen LogP contribution is 2.31. The van der Waals surface area contributed by atoms with Crippen molar-refractivity contribution in [3.8, 4) is 0 Å². The topological polar surface area (TPSA) is 76.5 Å². The number of sulfone groups is 1. The predicted octanol–water partition coefficient (Wildman–Crippen LogP) is 1.53. The van der Waals surface area contributed by atoms with Crippen LogP contribution in [0.4, 0.5) is 4.39 Å². The van der Waals surface area contributed by atoms with Crippen molar-refractivity contribution < 1.29 is 17.6 Å². The number of aromatic nitrogens is 1. The van der Waals surface area contributed by atoms with Crippen molar-refractivity contribution >= 4 is 15.7 Å². The first-order chi connectivity index (χ1) is 12.3. The lowest BCUT2D eigenvalue weighted by Crippen LogP contribution is -2.37. The molecule has 1 aliphatic heterocycles. The van der Waals surface area contributed by atoms with Crippen LogP contribution in [0.2, 0.25) is 0 Å². The number of halogens is 1. The molecule has 8 heteroatoms. The number of benzene rings is 1. The molecule has 0 bridgehead atoms. The van der Waals surface area contributed by atoms with Gasteiger partial charge in [-0.25, -0.2) is 12.8 Å². The molecule has 26 heavy (non-hydrogen) atoms. The molecule has 138 valence electrons. The van der Waals surface area contributed by atoms with E-state index in [9.17, 15) is 22.4 Å². The molecule has 2 heterocycles. The molecule has 1 saturated heterocycles. The number of hydrogen-bond donors (Lipinski definition) is 0. The minimum Gasteiger partial charge on any atom is -0.337 e. The van der Waals surface area contributed by atoms with E-state index in [1.54, 1.807) is 25.4 Å². The maximum Gasteiger partial charge on any atom is 0.263 e. The number of pyridine rings is 1. The maximum atomic E-state index is 14.1. The van der Waals surface area contributed by atoms with Gasteiger partial charge < -0.3 is 9.47 Å². The molecular weight excluding hydrogens is 359 g/mol. The van der Waals surface area contributed by atoms with Crippen LogP contribution in [0.25, 0.3) is 0 Å². The van der Waals surface area contributed by atoms with Crippen LogP contribution in [0, 0.1) is 5.82 Å². The summed E-state index contributed by atoms with van der Waals surface area (Å²) < 4.78 is 40.6. The number of rotatable bonds is 2. The molecule has 1 atom stereocenters. The van der Waals surface area contributed by atoms with Gasteiger partial charge in [-0.1, -0.05) is 18.2 Å². The zero-order chi connectivity index (χ0) is 18.9. The second-order valence-corrected chi connectivity index (χ2v) is 8.60. The first-order valence-electron chi connectivity index (χ1n) is 8.22. The Morgan fingerprint density at radius 2 is 1.88 bits per heavy atom. The summed E-state index contributed by atoms with van der Waals surface area (Å²) in [5.41, 5.74) is -0.315. The Labute approximate surface area is 150 Å². The second kappa shape index (κ2) is 7.03. The molecular formula is C18H19FN2O4S. The zero-order valence-corrected chi connectivity index (χ0v) is 15.1. The summed E-state index contributed by atoms with van der Waals surface area (Å²) in [6, 6.07) is 8.80. The van der Waals surface area contributed by atoms with Gasteiger partial charge in [0.15, 0.2) is 9.84 Å². The molecule has 3 rings (SSSR count). The van der Waals surface area contributed by atoms with Gasteiger partial charge in [0.05, 0.1) is 11.0 Å². The third-order valence-corrected chi connectivity index (χ3v) is 6.74. The molecule has 0 radical (unpaired) electrons. The molecule has 2 aromatic rings. The van der Waals surface area contributed by atoms with Crippen molar-refractivity contribution in [2.24, 2.45) is 7.05 Å². The summed E-state index contributed by atoms with van der Waals surface area (Å²) in [5.74, 6) is -1.35. The van der Waals surface area contributed by atoms with Crippen LogP contribution in [0.1, 0.15) is 27.6 Å². The summed E-state index contributed by atoms with van der Waals surface area (Å²) in [6.45, 7) is 0.110. The molecule has 0 unspecified atom stereocenters. The average molecular weight is 378 g/mol. The van der Waals surface area contributed by atoms with Crippen molar-refractivity contribution in [1.82, 2.24) is 9.47 Å². The van der Waals surface area contributed by atoms with E-state index >= 15 is 0 Å². The Morgan fingerprint density at radius 3 is 2.62 bits per heavy atom. The zero-order valence-electron chi connectivity index (χ0n) is 14.3. The van der Waals surface area contributed by atoms with Gasteiger partial charge in [-0.15, -0.1) is 0 Å². The summed E-state index contributed by atoms with van der Waals surface area (Å²) in [4.78, 5) is 26.2. The van der Waals surface area contributed by atoms with Crippen LogP contribution in [-0.4, -0.2) is 42.6 Å². The minimum atomic E-state index is -3.62. The average Bonchev–Trinajstić information content (AvgIpc) is 2.76. The van der Waals surface area contributed by atoms with Gasteiger partial charge in [0.1, 0.15) is 11.4 Å². The molecule has 0 saturated carbocycles. The van der Waals surface area contributed by atoms with E-state index in [1.165, 1.54) is 33.7 Å². The monoisotopic (exact) mass is 378 g/mol. The van der Waals surface area contributed by atoms with E-state index in [1.807, 2.05) is 0 Å². The number of nitrogens with zero attached hydrogens (tertiary/aromatic N) is 2. The van der Waals surface area contributed by atoms with E-state index in [0.29, 0.717) is 0 Å². The third kappa shape index (κ3) is 3.41. The molecule has 1 fully saturated rings. The van der Waals surface area contributed by atoms with Crippen LogP contribution >= 0.6 is 0 Å². The molecule has 1 aromatic heterocycles. The van der Waals surface area contributed by atoms with Gasteiger partial charge in [0.2, 0.25) is 0 Å². The standard InChI is InChI=1S/C18H19FN2O4S/c1-20-9-4-6-14(17(20)22)18(23)21-10-8-16(26(24,25)12-11-21)13-5-2-3-7-15(13)19/h2-7,9,16H,8,10-12H2,1H3/t16-/m1/s1. The lowest BCUT2D eigenvalue weighted by Gasteiger charge is -2.20. The fourth-order valence-corrected chi connectivity index (χ4v) is 4.96. The Kier molecular flexibility index (Phi) is 4.95. The maximum absolute atomic E-state index is 14.1. The predicted molar refractivity (Wildman–Crippen MR) is 95.1 cm³/mol. The number of aryl methyl sites for hydroxylation is 1. The smallest absolute Gasteiger partial charge is 0.263 e. The Balaban J connectivity index is 1.89. The van der Waals surface area contributed by atoms with Gasteiger partial charge in [-0.2, -0.15) is 0 Å². The van der Waals surface area contributed by atoms with Crippen molar-refractivity contribution in [3.05, 3.63) is 69.9 Å². The van der Waals surface area contributed by atoms with Crippen molar-refractivity contribution in [1.29, 1.82) is 0 Å². The van der Waals surface area contributed by atoms with Gasteiger partial charge in [0, 0.05) is 31.9 Å². The van der Waals surface area contributed by atoms with Crippen LogP contribution in [0.15, 0.2) is 47.4 Å². The Hall–Kier alpha value is -2.48. The number of hydrogen-bond acceptors (Lipinski definition) is 4.